The van der Waals surface area contributed by atoms with E-state index in [4.69, 9.17) is 9.26 Å². The first-order chi connectivity index (χ1) is 12.8. The van der Waals surface area contributed by atoms with Crippen molar-refractivity contribution >= 4 is 12.4 Å². The zero-order chi connectivity index (χ0) is 17.8. The molecule has 0 aliphatic carbocycles. The molecule has 3 aromatic rings. The van der Waals surface area contributed by atoms with Crippen LogP contribution in [0.4, 0.5) is 0 Å². The van der Waals surface area contributed by atoms with Crippen LogP contribution in [-0.4, -0.2) is 41.7 Å². The Morgan fingerprint density at radius 1 is 1.19 bits per heavy atom. The lowest BCUT2D eigenvalue weighted by Crippen LogP contribution is -2.44. The molecule has 1 aromatic heterocycles. The number of hydrogen-bond acceptors (Lipinski definition) is 6. The summed E-state index contributed by atoms with van der Waals surface area (Å²) in [6.45, 7) is 3.31. The second kappa shape index (κ2) is 8.99. The van der Waals surface area contributed by atoms with Gasteiger partial charge in [-0.15, -0.1) is 12.4 Å². The number of hydrogen-bond donors (Lipinski definition) is 1. The van der Waals surface area contributed by atoms with Gasteiger partial charge in [-0.1, -0.05) is 41.6 Å². The second-order valence-electron chi connectivity index (χ2n) is 6.46. The van der Waals surface area contributed by atoms with Gasteiger partial charge in [0.05, 0.1) is 6.04 Å². The lowest BCUT2D eigenvalue weighted by molar-refractivity contribution is 0.190. The molecular weight excluding hydrogens is 364 g/mol. The van der Waals surface area contributed by atoms with Gasteiger partial charge in [-0.25, -0.2) is 0 Å². The van der Waals surface area contributed by atoms with Crippen molar-refractivity contribution in [3.8, 4) is 17.2 Å². The molecule has 0 amide bonds. The number of benzene rings is 2. The Labute approximate surface area is 164 Å². The molecule has 1 fully saturated rings. The molecule has 142 valence electrons. The van der Waals surface area contributed by atoms with Crippen molar-refractivity contribution in [2.24, 2.45) is 0 Å². The smallest absolute Gasteiger partial charge is 0.258 e. The maximum atomic E-state index is 5.89. The quantitative estimate of drug-likeness (QED) is 0.725. The molecule has 2 heterocycles. The molecule has 0 radical (unpaired) electrons. The Morgan fingerprint density at radius 2 is 2.04 bits per heavy atom. The number of halogens is 1. The predicted octanol–water partition coefficient (Wildman–Crippen LogP) is 3.31. The summed E-state index contributed by atoms with van der Waals surface area (Å²) in [7, 11) is 2.08. The number of piperazine rings is 1. The van der Waals surface area contributed by atoms with Gasteiger partial charge in [0.1, 0.15) is 12.4 Å². The van der Waals surface area contributed by atoms with E-state index in [2.05, 4.69) is 27.4 Å². The predicted molar refractivity (Wildman–Crippen MR) is 106 cm³/mol. The molecular formula is C20H23ClN4O2. The maximum Gasteiger partial charge on any atom is 0.258 e. The summed E-state index contributed by atoms with van der Waals surface area (Å²) in [5.74, 6) is 2.01. The average Bonchev–Trinajstić information content (AvgIpc) is 3.18. The summed E-state index contributed by atoms with van der Waals surface area (Å²) < 4.78 is 11.4. The monoisotopic (exact) mass is 386 g/mol. The van der Waals surface area contributed by atoms with Gasteiger partial charge < -0.3 is 14.6 Å². The average molecular weight is 387 g/mol. The molecule has 4 rings (SSSR count). The zero-order valence-electron chi connectivity index (χ0n) is 15.2. The van der Waals surface area contributed by atoms with E-state index in [0.717, 1.165) is 36.5 Å². The van der Waals surface area contributed by atoms with Gasteiger partial charge in [0, 0.05) is 25.2 Å². The summed E-state index contributed by atoms with van der Waals surface area (Å²) in [5.41, 5.74) is 1.99. The third kappa shape index (κ3) is 4.66. The fourth-order valence-corrected chi connectivity index (χ4v) is 3.04. The fraction of sp³-hybridized carbons (Fsp3) is 0.300. The van der Waals surface area contributed by atoms with Crippen molar-refractivity contribution in [3.05, 3.63) is 66.0 Å². The molecule has 1 unspecified atom stereocenters. The van der Waals surface area contributed by atoms with Crippen LogP contribution in [0.3, 0.4) is 0 Å². The van der Waals surface area contributed by atoms with Crippen LogP contribution in [0.5, 0.6) is 5.75 Å². The standard InChI is InChI=1S/C20H22N4O2.ClH/c1-24-11-10-21-13-18(24)19-22-20(26-23-19)16-8-5-9-17(12-16)25-14-15-6-3-2-4-7-15;/h2-9,12,18,21H,10-11,13-14H2,1H3;1H. The van der Waals surface area contributed by atoms with Crippen molar-refractivity contribution in [1.82, 2.24) is 20.4 Å². The lowest BCUT2D eigenvalue weighted by atomic mass is 10.2. The minimum atomic E-state index is 0. The van der Waals surface area contributed by atoms with E-state index in [-0.39, 0.29) is 18.4 Å². The summed E-state index contributed by atoms with van der Waals surface area (Å²) in [5, 5.41) is 7.55. The van der Waals surface area contributed by atoms with Gasteiger partial charge in [0.25, 0.3) is 5.89 Å². The maximum absolute atomic E-state index is 5.89. The van der Waals surface area contributed by atoms with Crippen LogP contribution in [0, 0.1) is 0 Å². The highest BCUT2D eigenvalue weighted by Gasteiger charge is 2.25. The van der Waals surface area contributed by atoms with Gasteiger partial charge in [-0.3, -0.25) is 4.90 Å². The first-order valence-corrected chi connectivity index (χ1v) is 8.81. The third-order valence-corrected chi connectivity index (χ3v) is 4.58. The van der Waals surface area contributed by atoms with E-state index < -0.39 is 0 Å². The van der Waals surface area contributed by atoms with Crippen molar-refractivity contribution in [2.75, 3.05) is 26.7 Å². The van der Waals surface area contributed by atoms with Gasteiger partial charge in [-0.05, 0) is 30.8 Å². The van der Waals surface area contributed by atoms with E-state index >= 15 is 0 Å². The Hall–Kier alpha value is -2.41. The fourth-order valence-electron chi connectivity index (χ4n) is 3.04. The Morgan fingerprint density at radius 3 is 2.85 bits per heavy atom. The largest absolute Gasteiger partial charge is 0.489 e. The zero-order valence-corrected chi connectivity index (χ0v) is 16.0. The number of likely N-dealkylation sites (N-methyl/N-ethyl adjacent to an activating group) is 1. The first kappa shape index (κ1) is 19.4. The Bertz CT molecular complexity index is 856. The van der Waals surface area contributed by atoms with Crippen LogP contribution < -0.4 is 10.1 Å². The molecule has 1 aliphatic heterocycles. The second-order valence-corrected chi connectivity index (χ2v) is 6.46. The summed E-state index contributed by atoms with van der Waals surface area (Å²) in [6.07, 6.45) is 0. The summed E-state index contributed by atoms with van der Waals surface area (Å²) >= 11 is 0. The molecule has 7 heteroatoms. The molecule has 6 nitrogen and oxygen atoms in total. The third-order valence-electron chi connectivity index (χ3n) is 4.58. The minimum absolute atomic E-state index is 0. The van der Waals surface area contributed by atoms with Crippen LogP contribution in [0.15, 0.2) is 59.1 Å². The van der Waals surface area contributed by atoms with Crippen molar-refractivity contribution < 1.29 is 9.26 Å². The normalized spacial score (nSPS) is 17.3. The van der Waals surface area contributed by atoms with Gasteiger partial charge in [0.2, 0.25) is 0 Å². The number of ether oxygens (including phenoxy) is 1. The van der Waals surface area contributed by atoms with Gasteiger partial charge in [0.15, 0.2) is 5.82 Å². The number of rotatable bonds is 5. The minimum Gasteiger partial charge on any atom is -0.489 e. The van der Waals surface area contributed by atoms with Crippen LogP contribution in [0.2, 0.25) is 0 Å². The summed E-state index contributed by atoms with van der Waals surface area (Å²) in [4.78, 5) is 6.84. The number of nitrogens with zero attached hydrogens (tertiary/aromatic N) is 3. The van der Waals surface area contributed by atoms with Crippen LogP contribution in [0.25, 0.3) is 11.5 Å². The highest BCUT2D eigenvalue weighted by molar-refractivity contribution is 5.85. The molecule has 27 heavy (non-hydrogen) atoms. The van der Waals surface area contributed by atoms with Gasteiger partial charge >= 0.3 is 0 Å². The topological polar surface area (TPSA) is 63.4 Å². The van der Waals surface area contributed by atoms with E-state index in [9.17, 15) is 0 Å². The van der Waals surface area contributed by atoms with Crippen molar-refractivity contribution in [1.29, 1.82) is 0 Å². The molecule has 0 saturated carbocycles. The molecule has 1 atom stereocenters. The SMILES string of the molecule is CN1CCNCC1c1noc(-c2cccc(OCc3ccccc3)c2)n1.Cl. The van der Waals surface area contributed by atoms with E-state index in [1.165, 1.54) is 0 Å². The van der Waals surface area contributed by atoms with Gasteiger partial charge in [-0.2, -0.15) is 4.98 Å². The van der Waals surface area contributed by atoms with Crippen molar-refractivity contribution in [3.63, 3.8) is 0 Å². The van der Waals surface area contributed by atoms with Crippen LogP contribution in [-0.2, 0) is 6.61 Å². The lowest BCUT2D eigenvalue weighted by Gasteiger charge is -2.30. The Balaban J connectivity index is 0.00000210. The number of nitrogens with one attached hydrogen (secondary N) is 1. The highest BCUT2D eigenvalue weighted by Crippen LogP contribution is 2.25. The van der Waals surface area contributed by atoms with Crippen molar-refractivity contribution in [2.45, 2.75) is 12.6 Å². The molecule has 1 aliphatic rings. The molecule has 2 aromatic carbocycles. The van der Waals surface area contributed by atoms with Crippen LogP contribution >= 0.6 is 12.4 Å². The van der Waals surface area contributed by atoms with E-state index in [1.54, 1.807) is 0 Å². The number of aromatic nitrogens is 2. The summed E-state index contributed by atoms with van der Waals surface area (Å²) in [6, 6.07) is 18.0. The molecule has 0 spiro atoms. The molecule has 1 saturated heterocycles. The molecule has 0 bridgehead atoms. The molecule has 1 N–H and O–H groups in total. The Kier molecular flexibility index (Phi) is 6.45. The van der Waals surface area contributed by atoms with E-state index in [0.29, 0.717) is 18.3 Å². The first-order valence-electron chi connectivity index (χ1n) is 8.81. The highest BCUT2D eigenvalue weighted by atomic mass is 35.5. The van der Waals surface area contributed by atoms with Crippen LogP contribution in [0.1, 0.15) is 17.4 Å². The van der Waals surface area contributed by atoms with E-state index in [1.807, 2.05) is 54.6 Å².